The van der Waals surface area contributed by atoms with E-state index in [-0.39, 0.29) is 37.1 Å². The maximum atomic E-state index is 12.1. The van der Waals surface area contributed by atoms with E-state index in [0.717, 1.165) is 0 Å². The molecule has 0 aromatic heterocycles. The summed E-state index contributed by atoms with van der Waals surface area (Å²) in [6.07, 6.45) is 6.16. The second-order valence-electron chi connectivity index (χ2n) is 6.64. The summed E-state index contributed by atoms with van der Waals surface area (Å²) >= 11 is 0. The van der Waals surface area contributed by atoms with Crippen LogP contribution in [0.1, 0.15) is 25.7 Å². The normalized spacial score (nSPS) is 23.9. The molecule has 0 amide bonds. The van der Waals surface area contributed by atoms with Crippen LogP contribution >= 0.6 is 0 Å². The van der Waals surface area contributed by atoms with Gasteiger partial charge in [-0.3, -0.25) is 9.59 Å². The van der Waals surface area contributed by atoms with Gasteiger partial charge in [-0.1, -0.05) is 42.5 Å². The molecule has 1 saturated carbocycles. The number of para-hydroxylation sites is 1. The van der Waals surface area contributed by atoms with Crippen molar-refractivity contribution in [2.24, 2.45) is 11.8 Å². The van der Waals surface area contributed by atoms with E-state index in [9.17, 15) is 19.8 Å². The molecule has 2 rings (SSSR count). The van der Waals surface area contributed by atoms with Crippen molar-refractivity contribution in [1.82, 2.24) is 0 Å². The van der Waals surface area contributed by atoms with E-state index in [4.69, 9.17) is 9.84 Å². The van der Waals surface area contributed by atoms with Crippen molar-refractivity contribution in [3.8, 4) is 5.75 Å². The lowest BCUT2D eigenvalue weighted by Crippen LogP contribution is -2.20. The molecule has 1 fully saturated rings. The maximum absolute atomic E-state index is 12.1. The number of carboxylic acid groups (broad SMARTS) is 1. The van der Waals surface area contributed by atoms with Crippen molar-refractivity contribution < 1.29 is 29.6 Å². The number of aliphatic carboxylic acids is 1. The Labute approximate surface area is 158 Å². The van der Waals surface area contributed by atoms with Crippen LogP contribution in [0.15, 0.2) is 54.6 Å². The van der Waals surface area contributed by atoms with Gasteiger partial charge in [0.15, 0.2) is 0 Å². The van der Waals surface area contributed by atoms with E-state index in [1.807, 2.05) is 18.2 Å². The lowest BCUT2D eigenvalue weighted by atomic mass is 9.90. The fourth-order valence-electron chi connectivity index (χ4n) is 3.11. The molecule has 0 bridgehead atoms. The zero-order valence-corrected chi connectivity index (χ0v) is 15.1. The van der Waals surface area contributed by atoms with Crippen LogP contribution in [0.25, 0.3) is 0 Å². The Morgan fingerprint density at radius 1 is 1.26 bits per heavy atom. The van der Waals surface area contributed by atoms with Gasteiger partial charge in [-0.05, 0) is 25.0 Å². The van der Waals surface area contributed by atoms with Crippen LogP contribution in [-0.2, 0) is 9.59 Å². The first-order chi connectivity index (χ1) is 13.0. The van der Waals surface area contributed by atoms with Crippen LogP contribution in [-0.4, -0.2) is 45.9 Å². The third kappa shape index (κ3) is 7.00. The molecular formula is C21H26O6. The van der Waals surface area contributed by atoms with Crippen molar-refractivity contribution in [2.75, 3.05) is 6.61 Å². The van der Waals surface area contributed by atoms with E-state index in [2.05, 4.69) is 0 Å². The van der Waals surface area contributed by atoms with Gasteiger partial charge in [-0.15, -0.1) is 0 Å². The number of aliphatic hydroxyl groups is 2. The number of ether oxygens (including phenoxy) is 1. The molecule has 6 nitrogen and oxygen atoms in total. The Kier molecular flexibility index (Phi) is 8.23. The average molecular weight is 374 g/mol. The summed E-state index contributed by atoms with van der Waals surface area (Å²) in [4.78, 5) is 22.6. The van der Waals surface area contributed by atoms with Gasteiger partial charge >= 0.3 is 5.97 Å². The highest BCUT2D eigenvalue weighted by molar-refractivity contribution is 5.84. The Morgan fingerprint density at radius 3 is 2.70 bits per heavy atom. The third-order valence-electron chi connectivity index (χ3n) is 4.53. The van der Waals surface area contributed by atoms with E-state index >= 15 is 0 Å². The van der Waals surface area contributed by atoms with E-state index in [1.165, 1.54) is 0 Å². The summed E-state index contributed by atoms with van der Waals surface area (Å²) in [6, 6.07) is 9.14. The molecule has 0 saturated heterocycles. The molecule has 4 atom stereocenters. The molecule has 3 N–H and O–H groups in total. The molecule has 0 spiro atoms. The molecule has 1 aliphatic rings. The van der Waals surface area contributed by atoms with Crippen LogP contribution < -0.4 is 4.74 Å². The highest BCUT2D eigenvalue weighted by Crippen LogP contribution is 2.33. The van der Waals surface area contributed by atoms with Crippen LogP contribution in [0.5, 0.6) is 5.75 Å². The van der Waals surface area contributed by atoms with Crippen molar-refractivity contribution in [3.63, 3.8) is 0 Å². The minimum atomic E-state index is -0.862. The molecule has 1 aromatic carbocycles. The topological polar surface area (TPSA) is 104 Å². The summed E-state index contributed by atoms with van der Waals surface area (Å²) in [5, 5.41) is 28.8. The predicted octanol–water partition coefficient (Wildman–Crippen LogP) is 2.36. The Morgan fingerprint density at radius 2 is 2.00 bits per heavy atom. The summed E-state index contributed by atoms with van der Waals surface area (Å²) in [5.74, 6) is -0.951. The Hall–Kier alpha value is -2.44. The maximum Gasteiger partial charge on any atom is 0.303 e. The number of benzene rings is 1. The lowest BCUT2D eigenvalue weighted by molar-refractivity contribution is -0.136. The van der Waals surface area contributed by atoms with Crippen LogP contribution in [0.2, 0.25) is 0 Å². The number of hydrogen-bond acceptors (Lipinski definition) is 5. The SMILES string of the molecule is O=C(O)CC/C=C\C[C@H]1C(=O)C[C@@H](O)[C@@H]1/C=C/[C@@H](O)COc1ccccc1. The fraction of sp³-hybridized carbons (Fsp3) is 0.429. The van der Waals surface area contributed by atoms with Crippen LogP contribution in [0.4, 0.5) is 0 Å². The average Bonchev–Trinajstić information content (AvgIpc) is 2.91. The minimum Gasteiger partial charge on any atom is -0.491 e. The van der Waals surface area contributed by atoms with E-state index in [0.29, 0.717) is 18.6 Å². The van der Waals surface area contributed by atoms with Gasteiger partial charge in [0.2, 0.25) is 0 Å². The number of carboxylic acids is 1. The molecule has 6 heteroatoms. The van der Waals surface area contributed by atoms with E-state index < -0.39 is 18.2 Å². The number of rotatable bonds is 10. The van der Waals surface area contributed by atoms with Crippen molar-refractivity contribution in [1.29, 1.82) is 0 Å². The minimum absolute atomic E-state index is 0.0185. The van der Waals surface area contributed by atoms with E-state index in [1.54, 1.807) is 36.4 Å². The van der Waals surface area contributed by atoms with Gasteiger partial charge in [0, 0.05) is 24.7 Å². The predicted molar refractivity (Wildman–Crippen MR) is 100 cm³/mol. The third-order valence-corrected chi connectivity index (χ3v) is 4.53. The van der Waals surface area contributed by atoms with Gasteiger partial charge in [0.1, 0.15) is 24.2 Å². The van der Waals surface area contributed by atoms with Gasteiger partial charge < -0.3 is 20.1 Å². The summed E-state index contributed by atoms with van der Waals surface area (Å²) in [6.45, 7) is 0.0804. The van der Waals surface area contributed by atoms with Crippen LogP contribution in [0, 0.1) is 11.8 Å². The summed E-state index contributed by atoms with van der Waals surface area (Å²) in [5.41, 5.74) is 0. The van der Waals surface area contributed by atoms with Crippen LogP contribution in [0.3, 0.4) is 0 Å². The van der Waals surface area contributed by atoms with Gasteiger partial charge in [0.25, 0.3) is 0 Å². The first-order valence-electron chi connectivity index (χ1n) is 9.09. The number of carbonyl (C=O) groups excluding carboxylic acids is 1. The smallest absolute Gasteiger partial charge is 0.303 e. The van der Waals surface area contributed by atoms with Gasteiger partial charge in [0.05, 0.1) is 6.10 Å². The molecule has 1 aliphatic carbocycles. The van der Waals surface area contributed by atoms with Gasteiger partial charge in [-0.25, -0.2) is 0 Å². The monoisotopic (exact) mass is 374 g/mol. The van der Waals surface area contributed by atoms with Crippen molar-refractivity contribution in [3.05, 3.63) is 54.6 Å². The fourth-order valence-corrected chi connectivity index (χ4v) is 3.11. The molecule has 0 aliphatic heterocycles. The number of ketones is 1. The van der Waals surface area contributed by atoms with Crippen molar-refractivity contribution >= 4 is 11.8 Å². The second-order valence-corrected chi connectivity index (χ2v) is 6.64. The quantitative estimate of drug-likeness (QED) is 0.543. The lowest BCUT2D eigenvalue weighted by Gasteiger charge is -2.17. The molecule has 0 radical (unpaired) electrons. The highest BCUT2D eigenvalue weighted by Gasteiger charge is 2.39. The first kappa shape index (κ1) is 20.9. The molecule has 27 heavy (non-hydrogen) atoms. The largest absolute Gasteiger partial charge is 0.491 e. The molecule has 1 aromatic rings. The number of carbonyl (C=O) groups is 2. The molecular weight excluding hydrogens is 348 g/mol. The van der Waals surface area contributed by atoms with Gasteiger partial charge in [-0.2, -0.15) is 0 Å². The highest BCUT2D eigenvalue weighted by atomic mass is 16.5. The number of aliphatic hydroxyl groups excluding tert-OH is 2. The standard InChI is InChI=1S/C21H26O6/c22-15(14-27-16-7-3-1-4-8-16)11-12-18-17(19(23)13-20(18)24)9-5-2-6-10-21(25)26/h1-5,7-8,11-12,15,17-18,20,22,24H,6,9-10,13-14H2,(H,25,26)/b5-2-,12-11+/t15-,17-,18-,20-/m1/s1. The molecule has 146 valence electrons. The number of allylic oxidation sites excluding steroid dienone is 2. The Bertz CT molecular complexity index is 667. The zero-order valence-electron chi connectivity index (χ0n) is 15.1. The Balaban J connectivity index is 1.86. The van der Waals surface area contributed by atoms with Crippen molar-refractivity contribution in [2.45, 2.75) is 37.9 Å². The summed E-state index contributed by atoms with van der Waals surface area (Å²) < 4.78 is 5.48. The zero-order chi connectivity index (χ0) is 19.6. The molecule has 0 unspecified atom stereocenters. The number of hydrogen-bond donors (Lipinski definition) is 3. The number of Topliss-reactive ketones (excluding diaryl/α,β-unsaturated/α-hetero) is 1. The first-order valence-corrected chi connectivity index (χ1v) is 9.09. The summed E-state index contributed by atoms with van der Waals surface area (Å²) in [7, 11) is 0. The second kappa shape index (κ2) is 10.6. The molecule has 0 heterocycles.